The van der Waals surface area contributed by atoms with E-state index in [9.17, 15) is 5.11 Å². The first-order chi connectivity index (χ1) is 11.1. The Hall–Kier alpha value is -1.37. The van der Waals surface area contributed by atoms with Gasteiger partial charge in [-0.25, -0.2) is 0 Å². The summed E-state index contributed by atoms with van der Waals surface area (Å²) in [6.45, 7) is 10.1. The Bertz CT molecular complexity index is 773. The molecule has 1 aliphatic heterocycles. The zero-order chi connectivity index (χ0) is 17.3. The van der Waals surface area contributed by atoms with Gasteiger partial charge in [-0.1, -0.05) is 12.1 Å². The van der Waals surface area contributed by atoms with Crippen LogP contribution in [0.25, 0.3) is 10.9 Å². The third-order valence-corrected chi connectivity index (χ3v) is 5.80. The van der Waals surface area contributed by atoms with Crippen molar-refractivity contribution in [3.63, 3.8) is 0 Å². The van der Waals surface area contributed by atoms with Gasteiger partial charge in [0.1, 0.15) is 0 Å². The third kappa shape index (κ3) is 2.48. The third-order valence-electron chi connectivity index (χ3n) is 5.80. The van der Waals surface area contributed by atoms with Crippen molar-refractivity contribution in [2.45, 2.75) is 70.3 Å². The lowest BCUT2D eigenvalue weighted by atomic mass is 9.77. The first-order valence-corrected chi connectivity index (χ1v) is 8.63. The van der Waals surface area contributed by atoms with Crippen LogP contribution < -0.4 is 5.46 Å². The van der Waals surface area contributed by atoms with Crippen LogP contribution in [-0.4, -0.2) is 38.8 Å². The number of fused-ring (bicyclic) bond motifs is 1. The highest BCUT2D eigenvalue weighted by atomic mass is 16.7. The Morgan fingerprint density at radius 3 is 2.33 bits per heavy atom. The summed E-state index contributed by atoms with van der Waals surface area (Å²) in [6.07, 6.45) is 3.57. The van der Waals surface area contributed by atoms with E-state index in [0.717, 1.165) is 29.2 Å². The van der Waals surface area contributed by atoms with Crippen LogP contribution >= 0.6 is 0 Å². The second-order valence-corrected chi connectivity index (χ2v) is 8.57. The van der Waals surface area contributed by atoms with Gasteiger partial charge in [-0.15, -0.1) is 0 Å². The molecule has 0 amide bonds. The van der Waals surface area contributed by atoms with Gasteiger partial charge in [-0.3, -0.25) is 4.68 Å². The van der Waals surface area contributed by atoms with E-state index in [1.54, 1.807) is 0 Å². The molecule has 1 aromatic heterocycles. The molecule has 6 heteroatoms. The lowest BCUT2D eigenvalue weighted by Crippen LogP contribution is -2.42. The van der Waals surface area contributed by atoms with Gasteiger partial charge in [0.2, 0.25) is 0 Å². The second-order valence-electron chi connectivity index (χ2n) is 8.57. The Morgan fingerprint density at radius 2 is 1.75 bits per heavy atom. The van der Waals surface area contributed by atoms with E-state index in [1.807, 2.05) is 23.7 Å². The molecule has 0 atom stereocenters. The average molecular weight is 328 g/mol. The zero-order valence-corrected chi connectivity index (χ0v) is 15.0. The maximum Gasteiger partial charge on any atom is 0.494 e. The standard InChI is InChI=1S/C18H25BN2O3/c1-16(2)17(3,4)24-19(23-16)13-6-7-15-12(8-13)11-21(20-15)14-9-18(5,22)10-14/h6-8,11,14,22H,9-10H2,1-5H3. The van der Waals surface area contributed by atoms with Crippen LogP contribution in [0, 0.1) is 0 Å². The van der Waals surface area contributed by atoms with Gasteiger partial charge in [0, 0.05) is 11.6 Å². The molecule has 128 valence electrons. The van der Waals surface area contributed by atoms with Crippen molar-refractivity contribution < 1.29 is 14.4 Å². The fourth-order valence-corrected chi connectivity index (χ4v) is 3.52. The maximum atomic E-state index is 9.93. The van der Waals surface area contributed by atoms with E-state index < -0.39 is 5.60 Å². The number of rotatable bonds is 2. The molecule has 1 N–H and O–H groups in total. The van der Waals surface area contributed by atoms with Crippen molar-refractivity contribution in [1.82, 2.24) is 9.78 Å². The molecule has 0 bridgehead atoms. The molecule has 0 spiro atoms. The van der Waals surface area contributed by atoms with Crippen LogP contribution in [0.1, 0.15) is 53.5 Å². The van der Waals surface area contributed by atoms with Gasteiger partial charge >= 0.3 is 7.12 Å². The predicted molar refractivity (Wildman–Crippen MR) is 94.3 cm³/mol. The fourth-order valence-electron chi connectivity index (χ4n) is 3.52. The van der Waals surface area contributed by atoms with Crippen LogP contribution in [0.15, 0.2) is 24.4 Å². The second kappa shape index (κ2) is 4.84. The van der Waals surface area contributed by atoms with Gasteiger partial charge in [0.25, 0.3) is 0 Å². The van der Waals surface area contributed by atoms with E-state index in [4.69, 9.17) is 9.31 Å². The molecule has 1 aliphatic carbocycles. The molecule has 0 unspecified atom stereocenters. The molecule has 5 nitrogen and oxygen atoms in total. The molecule has 0 radical (unpaired) electrons. The first-order valence-electron chi connectivity index (χ1n) is 8.63. The predicted octanol–water partition coefficient (Wildman–Crippen LogP) is 2.42. The Balaban J connectivity index is 1.60. The molecule has 24 heavy (non-hydrogen) atoms. The molecule has 1 saturated heterocycles. The smallest absolute Gasteiger partial charge is 0.399 e. The number of hydrogen-bond acceptors (Lipinski definition) is 4. The minimum Gasteiger partial charge on any atom is -0.399 e. The highest BCUT2D eigenvalue weighted by Crippen LogP contribution is 2.41. The van der Waals surface area contributed by atoms with Gasteiger partial charge in [0.05, 0.1) is 28.4 Å². The number of aliphatic hydroxyl groups is 1. The topological polar surface area (TPSA) is 56.5 Å². The number of aromatic nitrogens is 2. The Morgan fingerprint density at radius 1 is 1.12 bits per heavy atom. The lowest BCUT2D eigenvalue weighted by molar-refractivity contribution is -0.0541. The van der Waals surface area contributed by atoms with Crippen molar-refractivity contribution in [1.29, 1.82) is 0 Å². The maximum absolute atomic E-state index is 9.93. The summed E-state index contributed by atoms with van der Waals surface area (Å²) >= 11 is 0. The van der Waals surface area contributed by atoms with Crippen LogP contribution in [0.2, 0.25) is 0 Å². The van der Waals surface area contributed by atoms with Crippen LogP contribution in [0.5, 0.6) is 0 Å². The molecule has 4 rings (SSSR count). The molecule has 2 aliphatic rings. The largest absolute Gasteiger partial charge is 0.494 e. The molecule has 2 heterocycles. The zero-order valence-electron chi connectivity index (χ0n) is 15.0. The lowest BCUT2D eigenvalue weighted by Gasteiger charge is -2.40. The van der Waals surface area contributed by atoms with E-state index in [-0.39, 0.29) is 24.4 Å². The van der Waals surface area contributed by atoms with Crippen LogP contribution in [-0.2, 0) is 9.31 Å². The number of hydrogen-bond donors (Lipinski definition) is 1. The first kappa shape index (κ1) is 16.1. The normalized spacial score (nSPS) is 31.4. The SMILES string of the molecule is CC1(O)CC(n2cc3cc(B4OC(C)(C)C(C)(C)O4)ccc3n2)C1. The van der Waals surface area contributed by atoms with E-state index in [1.165, 1.54) is 0 Å². The fraction of sp³-hybridized carbons (Fsp3) is 0.611. The monoisotopic (exact) mass is 328 g/mol. The summed E-state index contributed by atoms with van der Waals surface area (Å²) in [7, 11) is -0.354. The minimum absolute atomic E-state index is 0.285. The molecule has 2 fully saturated rings. The molecular formula is C18H25BN2O3. The molecular weight excluding hydrogens is 303 g/mol. The highest BCUT2D eigenvalue weighted by molar-refractivity contribution is 6.62. The summed E-state index contributed by atoms with van der Waals surface area (Å²) in [5, 5.41) is 15.7. The molecule has 1 aromatic carbocycles. The summed E-state index contributed by atoms with van der Waals surface area (Å²) in [6, 6.07) is 6.42. The van der Waals surface area contributed by atoms with Crippen molar-refractivity contribution in [2.24, 2.45) is 0 Å². The van der Waals surface area contributed by atoms with Gasteiger partial charge in [-0.05, 0) is 59.0 Å². The Labute approximate surface area is 143 Å². The summed E-state index contributed by atoms with van der Waals surface area (Å²) in [5.74, 6) is 0. The van der Waals surface area contributed by atoms with Crippen molar-refractivity contribution in [2.75, 3.05) is 0 Å². The Kier molecular flexibility index (Phi) is 3.25. The summed E-state index contributed by atoms with van der Waals surface area (Å²) in [4.78, 5) is 0. The van der Waals surface area contributed by atoms with E-state index in [2.05, 4.69) is 45.1 Å². The van der Waals surface area contributed by atoms with Gasteiger partial charge < -0.3 is 14.4 Å². The van der Waals surface area contributed by atoms with Crippen molar-refractivity contribution in [3.05, 3.63) is 24.4 Å². The average Bonchev–Trinajstić information content (AvgIpc) is 2.94. The van der Waals surface area contributed by atoms with Gasteiger partial charge in [-0.2, -0.15) is 5.10 Å². The van der Waals surface area contributed by atoms with E-state index in [0.29, 0.717) is 0 Å². The minimum atomic E-state index is -0.545. The van der Waals surface area contributed by atoms with Crippen LogP contribution in [0.3, 0.4) is 0 Å². The summed E-state index contributed by atoms with van der Waals surface area (Å²) < 4.78 is 14.2. The molecule has 2 aromatic rings. The van der Waals surface area contributed by atoms with Crippen molar-refractivity contribution in [3.8, 4) is 0 Å². The quantitative estimate of drug-likeness (QED) is 0.860. The van der Waals surface area contributed by atoms with E-state index >= 15 is 0 Å². The highest BCUT2D eigenvalue weighted by Gasteiger charge is 2.51. The molecule has 1 saturated carbocycles. The van der Waals surface area contributed by atoms with Crippen molar-refractivity contribution >= 4 is 23.5 Å². The van der Waals surface area contributed by atoms with Crippen LogP contribution in [0.4, 0.5) is 0 Å². The summed E-state index contributed by atoms with van der Waals surface area (Å²) in [5.41, 5.74) is 0.752. The number of benzene rings is 1. The number of nitrogens with zero attached hydrogens (tertiary/aromatic N) is 2. The van der Waals surface area contributed by atoms with Gasteiger partial charge in [0.15, 0.2) is 0 Å².